The predicted molar refractivity (Wildman–Crippen MR) is 111 cm³/mol. The Morgan fingerprint density at radius 3 is 2.29 bits per heavy atom. The summed E-state index contributed by atoms with van der Waals surface area (Å²) in [7, 11) is 0. The zero-order chi connectivity index (χ0) is 19.8. The van der Waals surface area contributed by atoms with E-state index in [1.165, 1.54) is 0 Å². The van der Waals surface area contributed by atoms with Crippen LogP contribution in [0.3, 0.4) is 0 Å². The summed E-state index contributed by atoms with van der Waals surface area (Å²) in [5.41, 5.74) is 2.26. The number of hydrogen-bond donors (Lipinski definition) is 0. The van der Waals surface area contributed by atoms with Crippen molar-refractivity contribution in [3.8, 4) is 0 Å². The molecular weight excluding hydrogens is 348 g/mol. The van der Waals surface area contributed by atoms with Gasteiger partial charge in [-0.3, -0.25) is 9.59 Å². The van der Waals surface area contributed by atoms with E-state index < -0.39 is 0 Å². The first kappa shape index (κ1) is 20.1. The number of carbonyl (C=O) groups excluding carboxylic acids is 2. The standard InChI is InChI=1S/C24H30N2O2/c1-2-25(18-20-11-5-3-6-12-20)23(27)17-22-15-9-10-16-26(24(22)28)19-21-13-7-4-8-14-21/h3-8,11-14,22H,2,9-10,15-19H2,1H3. The van der Waals surface area contributed by atoms with Crippen LogP contribution in [-0.2, 0) is 22.7 Å². The zero-order valence-corrected chi connectivity index (χ0v) is 16.7. The fourth-order valence-electron chi connectivity index (χ4n) is 3.86. The fourth-order valence-corrected chi connectivity index (χ4v) is 3.86. The monoisotopic (exact) mass is 378 g/mol. The van der Waals surface area contributed by atoms with Crippen molar-refractivity contribution in [3.63, 3.8) is 0 Å². The largest absolute Gasteiger partial charge is 0.339 e. The molecular formula is C24H30N2O2. The van der Waals surface area contributed by atoms with Crippen LogP contribution in [0.25, 0.3) is 0 Å². The van der Waals surface area contributed by atoms with Gasteiger partial charge < -0.3 is 9.80 Å². The molecule has 1 aliphatic heterocycles. The first-order valence-corrected chi connectivity index (χ1v) is 10.3. The lowest BCUT2D eigenvalue weighted by atomic mass is 9.97. The van der Waals surface area contributed by atoms with Gasteiger partial charge in [0.05, 0.1) is 0 Å². The van der Waals surface area contributed by atoms with Gasteiger partial charge in [-0.05, 0) is 30.9 Å². The van der Waals surface area contributed by atoms with Crippen molar-refractivity contribution in [1.82, 2.24) is 9.80 Å². The molecule has 1 fully saturated rings. The third kappa shape index (κ3) is 5.44. The van der Waals surface area contributed by atoms with Crippen LogP contribution in [-0.4, -0.2) is 34.7 Å². The Bertz CT molecular complexity index is 761. The molecule has 1 atom stereocenters. The Hall–Kier alpha value is -2.62. The smallest absolute Gasteiger partial charge is 0.226 e. The molecule has 0 bridgehead atoms. The van der Waals surface area contributed by atoms with Crippen LogP contribution in [0.4, 0.5) is 0 Å². The van der Waals surface area contributed by atoms with E-state index in [0.717, 1.165) is 36.9 Å². The van der Waals surface area contributed by atoms with E-state index in [0.29, 0.717) is 26.1 Å². The lowest BCUT2D eigenvalue weighted by molar-refractivity contribution is -0.141. The minimum Gasteiger partial charge on any atom is -0.339 e. The summed E-state index contributed by atoms with van der Waals surface area (Å²) >= 11 is 0. The molecule has 1 heterocycles. The maximum atomic E-state index is 13.1. The highest BCUT2D eigenvalue weighted by molar-refractivity contribution is 5.86. The molecule has 0 saturated carbocycles. The van der Waals surface area contributed by atoms with Crippen LogP contribution in [0.5, 0.6) is 0 Å². The molecule has 4 heteroatoms. The van der Waals surface area contributed by atoms with Gasteiger partial charge in [0.25, 0.3) is 0 Å². The summed E-state index contributed by atoms with van der Waals surface area (Å²) in [6.45, 7) is 4.66. The first-order chi connectivity index (χ1) is 13.7. The molecule has 1 unspecified atom stereocenters. The highest BCUT2D eigenvalue weighted by Crippen LogP contribution is 2.23. The molecule has 1 saturated heterocycles. The summed E-state index contributed by atoms with van der Waals surface area (Å²) in [6, 6.07) is 20.1. The number of hydrogen-bond acceptors (Lipinski definition) is 2. The Labute approximate surface area is 168 Å². The minimum atomic E-state index is -0.205. The molecule has 0 aliphatic carbocycles. The highest BCUT2D eigenvalue weighted by Gasteiger charge is 2.30. The molecule has 2 amide bonds. The van der Waals surface area contributed by atoms with E-state index in [-0.39, 0.29) is 17.7 Å². The molecule has 1 aliphatic rings. The second-order valence-corrected chi connectivity index (χ2v) is 7.54. The van der Waals surface area contributed by atoms with Crippen molar-refractivity contribution in [2.75, 3.05) is 13.1 Å². The number of likely N-dealkylation sites (tertiary alicyclic amines) is 1. The van der Waals surface area contributed by atoms with Gasteiger partial charge in [-0.1, -0.05) is 67.1 Å². The van der Waals surface area contributed by atoms with Crippen molar-refractivity contribution in [3.05, 3.63) is 71.8 Å². The Kier molecular flexibility index (Phi) is 7.24. The normalized spacial score (nSPS) is 17.2. The third-order valence-electron chi connectivity index (χ3n) is 5.48. The van der Waals surface area contributed by atoms with Gasteiger partial charge in [-0.15, -0.1) is 0 Å². The number of nitrogens with zero attached hydrogens (tertiary/aromatic N) is 2. The third-order valence-corrected chi connectivity index (χ3v) is 5.48. The van der Waals surface area contributed by atoms with Crippen molar-refractivity contribution in [1.29, 1.82) is 0 Å². The SMILES string of the molecule is CCN(Cc1ccccc1)C(=O)CC1CCCCN(Cc2ccccc2)C1=O. The topological polar surface area (TPSA) is 40.6 Å². The van der Waals surface area contributed by atoms with Crippen molar-refractivity contribution in [2.24, 2.45) is 5.92 Å². The molecule has 148 valence electrons. The molecule has 4 nitrogen and oxygen atoms in total. The average molecular weight is 379 g/mol. The van der Waals surface area contributed by atoms with E-state index in [9.17, 15) is 9.59 Å². The number of amides is 2. The van der Waals surface area contributed by atoms with Crippen LogP contribution in [0, 0.1) is 5.92 Å². The van der Waals surface area contributed by atoms with Gasteiger partial charge in [-0.2, -0.15) is 0 Å². The molecule has 0 radical (unpaired) electrons. The van der Waals surface area contributed by atoms with Gasteiger partial charge in [0.1, 0.15) is 0 Å². The maximum absolute atomic E-state index is 13.1. The van der Waals surface area contributed by atoms with Crippen molar-refractivity contribution >= 4 is 11.8 Å². The summed E-state index contributed by atoms with van der Waals surface area (Å²) in [5, 5.41) is 0. The van der Waals surface area contributed by atoms with Crippen molar-refractivity contribution < 1.29 is 9.59 Å². The zero-order valence-electron chi connectivity index (χ0n) is 16.7. The lowest BCUT2D eigenvalue weighted by Gasteiger charge is -2.27. The van der Waals surface area contributed by atoms with E-state index in [1.807, 2.05) is 65.3 Å². The lowest BCUT2D eigenvalue weighted by Crippen LogP contribution is -2.38. The molecule has 2 aromatic rings. The van der Waals surface area contributed by atoms with Crippen LogP contribution >= 0.6 is 0 Å². The van der Waals surface area contributed by atoms with E-state index in [1.54, 1.807) is 0 Å². The molecule has 0 N–H and O–H groups in total. The van der Waals surface area contributed by atoms with E-state index >= 15 is 0 Å². The van der Waals surface area contributed by atoms with Gasteiger partial charge in [0.2, 0.25) is 11.8 Å². The average Bonchev–Trinajstić information content (AvgIpc) is 2.89. The quantitative estimate of drug-likeness (QED) is 0.722. The predicted octanol–water partition coefficient (Wildman–Crippen LogP) is 4.25. The number of rotatable bonds is 7. The van der Waals surface area contributed by atoms with Gasteiger partial charge in [0.15, 0.2) is 0 Å². The Balaban J connectivity index is 1.63. The Morgan fingerprint density at radius 2 is 1.64 bits per heavy atom. The first-order valence-electron chi connectivity index (χ1n) is 10.3. The molecule has 28 heavy (non-hydrogen) atoms. The van der Waals surface area contributed by atoms with Gasteiger partial charge in [-0.25, -0.2) is 0 Å². The summed E-state index contributed by atoms with van der Waals surface area (Å²) in [6.07, 6.45) is 3.12. The van der Waals surface area contributed by atoms with Crippen LogP contribution in [0.1, 0.15) is 43.7 Å². The van der Waals surface area contributed by atoms with Crippen molar-refractivity contribution in [2.45, 2.75) is 45.7 Å². The molecule has 3 rings (SSSR count). The number of carbonyl (C=O) groups is 2. The minimum absolute atomic E-state index is 0.0752. The maximum Gasteiger partial charge on any atom is 0.226 e. The van der Waals surface area contributed by atoms with Crippen LogP contribution in [0.15, 0.2) is 60.7 Å². The Morgan fingerprint density at radius 1 is 1.00 bits per heavy atom. The van der Waals surface area contributed by atoms with Crippen LogP contribution in [0.2, 0.25) is 0 Å². The second kappa shape index (κ2) is 10.1. The van der Waals surface area contributed by atoms with Gasteiger partial charge in [0, 0.05) is 38.5 Å². The fraction of sp³-hybridized carbons (Fsp3) is 0.417. The molecule has 0 spiro atoms. The highest BCUT2D eigenvalue weighted by atomic mass is 16.2. The second-order valence-electron chi connectivity index (χ2n) is 7.54. The number of benzene rings is 2. The van der Waals surface area contributed by atoms with E-state index in [4.69, 9.17) is 0 Å². The van der Waals surface area contributed by atoms with Crippen LogP contribution < -0.4 is 0 Å². The summed E-state index contributed by atoms with van der Waals surface area (Å²) < 4.78 is 0. The van der Waals surface area contributed by atoms with Gasteiger partial charge >= 0.3 is 0 Å². The molecule has 0 aromatic heterocycles. The summed E-state index contributed by atoms with van der Waals surface area (Å²) in [5.74, 6) is 0.000247. The van der Waals surface area contributed by atoms with E-state index in [2.05, 4.69) is 12.1 Å². The molecule has 2 aromatic carbocycles. The summed E-state index contributed by atoms with van der Waals surface area (Å²) in [4.78, 5) is 29.8.